The maximum atomic E-state index is 14.0. The van der Waals surface area contributed by atoms with Crippen LogP contribution in [0.15, 0.2) is 23.2 Å². The third-order valence-corrected chi connectivity index (χ3v) is 5.13. The van der Waals surface area contributed by atoms with Gasteiger partial charge in [0.05, 0.1) is 12.6 Å². The number of nitrogens with zero attached hydrogens (tertiary/aromatic N) is 2. The monoisotopic (exact) mass is 382 g/mol. The van der Waals surface area contributed by atoms with E-state index in [1.54, 1.807) is 24.0 Å². The molecule has 142 valence electrons. The van der Waals surface area contributed by atoms with Gasteiger partial charge >= 0.3 is 6.09 Å². The van der Waals surface area contributed by atoms with E-state index < -0.39 is 0 Å². The zero-order valence-corrected chi connectivity index (χ0v) is 15.5. The molecule has 8 heteroatoms. The number of aliphatic imine (C=N–C) groups is 1. The van der Waals surface area contributed by atoms with Crippen LogP contribution >= 0.6 is 11.6 Å². The van der Waals surface area contributed by atoms with E-state index in [0.29, 0.717) is 36.2 Å². The zero-order valence-electron chi connectivity index (χ0n) is 14.8. The minimum Gasteiger partial charge on any atom is -0.450 e. The predicted molar refractivity (Wildman–Crippen MR) is 98.9 cm³/mol. The fourth-order valence-electron chi connectivity index (χ4n) is 3.35. The number of likely N-dealkylation sites (tertiary alicyclic amines) is 1. The largest absolute Gasteiger partial charge is 0.450 e. The number of ether oxygens (including phenoxy) is 1. The van der Waals surface area contributed by atoms with Gasteiger partial charge in [-0.25, -0.2) is 14.2 Å². The number of carbonyl (C=O) groups excluding carboxylic acids is 1. The minimum absolute atomic E-state index is 0.0188. The number of rotatable bonds is 4. The number of halogens is 2. The number of guanidine groups is 1. The molecule has 0 spiro atoms. The lowest BCUT2D eigenvalue weighted by atomic mass is 10.1. The molecule has 1 saturated carbocycles. The van der Waals surface area contributed by atoms with Gasteiger partial charge in [-0.1, -0.05) is 17.7 Å². The Morgan fingerprint density at radius 2 is 2.19 bits per heavy atom. The van der Waals surface area contributed by atoms with Crippen molar-refractivity contribution in [1.29, 1.82) is 0 Å². The number of carbonyl (C=O) groups is 1. The van der Waals surface area contributed by atoms with E-state index in [1.807, 2.05) is 0 Å². The molecular weight excluding hydrogens is 359 g/mol. The highest BCUT2D eigenvalue weighted by molar-refractivity contribution is 6.31. The molecule has 1 amide bonds. The second kappa shape index (κ2) is 8.12. The summed E-state index contributed by atoms with van der Waals surface area (Å²) < 4.78 is 19.0. The van der Waals surface area contributed by atoms with E-state index in [1.165, 1.54) is 6.07 Å². The molecule has 1 aromatic carbocycles. The topological polar surface area (TPSA) is 80.0 Å². The molecule has 2 fully saturated rings. The first-order valence-corrected chi connectivity index (χ1v) is 9.32. The summed E-state index contributed by atoms with van der Waals surface area (Å²) in [6, 6.07) is 4.83. The van der Waals surface area contributed by atoms with Gasteiger partial charge < -0.3 is 20.7 Å². The van der Waals surface area contributed by atoms with E-state index in [-0.39, 0.29) is 29.9 Å². The molecule has 26 heavy (non-hydrogen) atoms. The van der Waals surface area contributed by atoms with Crippen LogP contribution in [0.25, 0.3) is 0 Å². The lowest BCUT2D eigenvalue weighted by molar-refractivity contribution is 0.0963. The normalized spacial score (nSPS) is 23.7. The number of benzene rings is 1. The Morgan fingerprint density at radius 3 is 2.85 bits per heavy atom. The molecule has 6 nitrogen and oxygen atoms in total. The molecule has 2 atom stereocenters. The Hall–Kier alpha value is -2.02. The summed E-state index contributed by atoms with van der Waals surface area (Å²) in [7, 11) is 0. The van der Waals surface area contributed by atoms with Gasteiger partial charge in [0.15, 0.2) is 5.96 Å². The first-order chi connectivity index (χ1) is 12.5. The minimum atomic E-state index is -0.293. The Labute approximate surface area is 157 Å². The van der Waals surface area contributed by atoms with Crippen LogP contribution in [-0.2, 0) is 4.74 Å². The summed E-state index contributed by atoms with van der Waals surface area (Å²) in [5.41, 5.74) is 6.54. The van der Waals surface area contributed by atoms with Crippen molar-refractivity contribution < 1.29 is 13.9 Å². The highest BCUT2D eigenvalue weighted by Crippen LogP contribution is 2.47. The second-order valence-corrected chi connectivity index (χ2v) is 7.07. The number of hydrogen-bond donors (Lipinski definition) is 2. The van der Waals surface area contributed by atoms with E-state index in [0.717, 1.165) is 19.3 Å². The average molecular weight is 383 g/mol. The summed E-state index contributed by atoms with van der Waals surface area (Å²) in [4.78, 5) is 17.9. The number of amides is 1. The van der Waals surface area contributed by atoms with Gasteiger partial charge in [-0.3, -0.25) is 0 Å². The molecule has 2 aliphatic rings. The second-order valence-electron chi connectivity index (χ2n) is 6.66. The molecule has 1 aromatic rings. The van der Waals surface area contributed by atoms with Gasteiger partial charge in [0, 0.05) is 35.6 Å². The summed E-state index contributed by atoms with van der Waals surface area (Å²) in [5, 5.41) is 3.64. The molecule has 3 N–H and O–H groups in total. The van der Waals surface area contributed by atoms with Gasteiger partial charge in [0.2, 0.25) is 0 Å². The molecule has 1 aliphatic carbocycles. The van der Waals surface area contributed by atoms with Crippen LogP contribution in [0.3, 0.4) is 0 Å². The van der Waals surface area contributed by atoms with Crippen molar-refractivity contribution in [2.75, 3.05) is 19.7 Å². The number of nitrogens with one attached hydrogen (secondary N) is 1. The summed E-state index contributed by atoms with van der Waals surface area (Å²) in [6.45, 7) is 3.43. The van der Waals surface area contributed by atoms with Crippen LogP contribution in [-0.4, -0.2) is 48.7 Å². The van der Waals surface area contributed by atoms with Gasteiger partial charge in [0.1, 0.15) is 5.82 Å². The summed E-state index contributed by atoms with van der Waals surface area (Å²) in [6.07, 6.45) is 2.03. The lowest BCUT2D eigenvalue weighted by Crippen LogP contribution is -2.48. The smallest absolute Gasteiger partial charge is 0.409 e. The maximum absolute atomic E-state index is 14.0. The van der Waals surface area contributed by atoms with E-state index in [9.17, 15) is 9.18 Å². The van der Waals surface area contributed by atoms with Crippen molar-refractivity contribution in [1.82, 2.24) is 10.2 Å². The van der Waals surface area contributed by atoms with Gasteiger partial charge in [-0.2, -0.15) is 0 Å². The fraction of sp³-hybridized carbons (Fsp3) is 0.556. The predicted octanol–water partition coefficient (Wildman–Crippen LogP) is 2.86. The van der Waals surface area contributed by atoms with Crippen molar-refractivity contribution >= 4 is 23.7 Å². The third-order valence-electron chi connectivity index (χ3n) is 4.81. The molecule has 1 saturated heterocycles. The summed E-state index contributed by atoms with van der Waals surface area (Å²) in [5.74, 6) is 0.0484. The average Bonchev–Trinajstić information content (AvgIpc) is 3.34. The molecule has 3 rings (SSSR count). The van der Waals surface area contributed by atoms with Crippen molar-refractivity contribution in [2.45, 2.75) is 44.2 Å². The van der Waals surface area contributed by atoms with Crippen LogP contribution in [0.5, 0.6) is 0 Å². The van der Waals surface area contributed by atoms with Crippen LogP contribution in [0, 0.1) is 5.82 Å². The van der Waals surface area contributed by atoms with Crippen LogP contribution in [0.2, 0.25) is 5.02 Å². The van der Waals surface area contributed by atoms with E-state index in [4.69, 9.17) is 22.1 Å². The molecule has 0 bridgehead atoms. The molecule has 0 aromatic heterocycles. The zero-order chi connectivity index (χ0) is 18.7. The van der Waals surface area contributed by atoms with Crippen molar-refractivity contribution in [3.05, 3.63) is 34.6 Å². The third kappa shape index (κ3) is 4.38. The van der Waals surface area contributed by atoms with Gasteiger partial charge in [-0.15, -0.1) is 0 Å². The van der Waals surface area contributed by atoms with Crippen LogP contribution in [0.1, 0.15) is 37.7 Å². The first-order valence-electron chi connectivity index (χ1n) is 8.95. The number of piperidine rings is 1. The Bertz CT molecular complexity index is 672. The lowest BCUT2D eigenvalue weighted by Gasteiger charge is -2.31. The SMILES string of the molecule is CCOC(=O)N1CCC(NC(N)=NC2CC2c2c(F)cccc2Cl)CC1. The van der Waals surface area contributed by atoms with Gasteiger partial charge in [-0.05, 0) is 38.3 Å². The van der Waals surface area contributed by atoms with Crippen LogP contribution < -0.4 is 11.1 Å². The Morgan fingerprint density at radius 1 is 1.46 bits per heavy atom. The quantitative estimate of drug-likeness (QED) is 0.620. The van der Waals surface area contributed by atoms with E-state index in [2.05, 4.69) is 10.3 Å². The van der Waals surface area contributed by atoms with E-state index >= 15 is 0 Å². The Balaban J connectivity index is 1.49. The first kappa shape index (κ1) is 18.8. The highest BCUT2D eigenvalue weighted by Gasteiger charge is 2.41. The number of nitrogens with two attached hydrogens (primary N) is 1. The Kier molecular flexibility index (Phi) is 5.86. The maximum Gasteiger partial charge on any atom is 0.409 e. The molecule has 1 heterocycles. The van der Waals surface area contributed by atoms with Crippen molar-refractivity contribution in [2.24, 2.45) is 10.7 Å². The molecule has 2 unspecified atom stereocenters. The van der Waals surface area contributed by atoms with Crippen LogP contribution in [0.4, 0.5) is 9.18 Å². The molecular formula is C18H24ClFN4O2. The molecule has 1 aliphatic heterocycles. The fourth-order valence-corrected chi connectivity index (χ4v) is 3.65. The summed E-state index contributed by atoms with van der Waals surface area (Å²) >= 11 is 6.11. The van der Waals surface area contributed by atoms with Crippen molar-refractivity contribution in [3.63, 3.8) is 0 Å². The van der Waals surface area contributed by atoms with Crippen molar-refractivity contribution in [3.8, 4) is 0 Å². The number of hydrogen-bond acceptors (Lipinski definition) is 3. The molecule has 0 radical (unpaired) electrons. The highest BCUT2D eigenvalue weighted by atomic mass is 35.5. The van der Waals surface area contributed by atoms with Gasteiger partial charge in [0.25, 0.3) is 0 Å². The standard InChI is InChI=1S/C18H24ClFN4O2/c1-2-26-18(25)24-8-6-11(7-9-24)22-17(21)23-15-10-12(15)16-13(19)4-3-5-14(16)20/h3-5,11-12,15H,2,6-10H2,1H3,(H3,21,22,23).